The molecule has 0 bridgehead atoms. The number of rotatable bonds is 3. The van der Waals surface area contributed by atoms with Gasteiger partial charge in [0.25, 0.3) is 0 Å². The van der Waals surface area contributed by atoms with Crippen molar-refractivity contribution in [3.05, 3.63) is 35.4 Å². The molecule has 1 N–H and O–H groups in total. The number of morpholine rings is 1. The third-order valence-electron chi connectivity index (χ3n) is 5.25. The van der Waals surface area contributed by atoms with Gasteiger partial charge in [-0.15, -0.1) is 0 Å². The minimum atomic E-state index is 0.149. The number of nitrogens with one attached hydrogen (secondary N) is 1. The van der Waals surface area contributed by atoms with Crippen LogP contribution in [0.15, 0.2) is 29.3 Å². The molecule has 2 fully saturated rings. The van der Waals surface area contributed by atoms with E-state index in [1.165, 1.54) is 11.1 Å². The fourth-order valence-corrected chi connectivity index (χ4v) is 3.62. The van der Waals surface area contributed by atoms with Gasteiger partial charge in [0.1, 0.15) is 6.10 Å². The van der Waals surface area contributed by atoms with Gasteiger partial charge in [-0.25, -0.2) is 0 Å². The average molecular weight is 360 g/mol. The zero-order valence-corrected chi connectivity index (χ0v) is 16.6. The number of nitrogens with zero attached hydrogens (tertiary/aromatic N) is 2. The maximum absolute atomic E-state index is 5.95. The molecule has 2 aliphatic heterocycles. The number of guanidine groups is 1. The van der Waals surface area contributed by atoms with Crippen LogP contribution in [0.2, 0.25) is 0 Å². The van der Waals surface area contributed by atoms with Crippen LogP contribution in [0, 0.1) is 0 Å². The lowest BCUT2D eigenvalue weighted by Crippen LogP contribution is -2.53. The molecular weight excluding hydrogens is 326 g/mol. The smallest absolute Gasteiger partial charge is 0.194 e. The summed E-state index contributed by atoms with van der Waals surface area (Å²) < 4.78 is 11.8. The van der Waals surface area contributed by atoms with Gasteiger partial charge in [-0.2, -0.15) is 0 Å². The van der Waals surface area contributed by atoms with Crippen molar-refractivity contribution >= 4 is 5.96 Å². The molecule has 0 radical (unpaired) electrons. The van der Waals surface area contributed by atoms with Gasteiger partial charge in [0.05, 0.1) is 12.7 Å². The van der Waals surface area contributed by atoms with Crippen molar-refractivity contribution < 1.29 is 9.47 Å². The molecule has 0 spiro atoms. The van der Waals surface area contributed by atoms with E-state index in [0.29, 0.717) is 0 Å². The number of aliphatic imine (C=N–C) groups is 1. The first-order chi connectivity index (χ1) is 12.5. The number of hydrogen-bond donors (Lipinski definition) is 1. The molecule has 2 unspecified atom stereocenters. The Kier molecular flexibility index (Phi) is 6.20. The van der Waals surface area contributed by atoms with Gasteiger partial charge in [-0.05, 0) is 29.4 Å². The van der Waals surface area contributed by atoms with Crippen molar-refractivity contribution in [2.75, 3.05) is 33.4 Å². The van der Waals surface area contributed by atoms with Gasteiger partial charge in [0.15, 0.2) is 5.96 Å². The quantitative estimate of drug-likeness (QED) is 0.666. The molecule has 1 aromatic rings. The summed E-state index contributed by atoms with van der Waals surface area (Å²) in [4.78, 5) is 6.77. The van der Waals surface area contributed by atoms with Crippen molar-refractivity contribution in [3.8, 4) is 0 Å². The van der Waals surface area contributed by atoms with Crippen LogP contribution in [0.4, 0.5) is 0 Å². The third-order valence-corrected chi connectivity index (χ3v) is 5.25. The molecule has 3 rings (SSSR count). The summed E-state index contributed by atoms with van der Waals surface area (Å²) in [5.74, 6) is 0.941. The largest absolute Gasteiger partial charge is 0.375 e. The maximum atomic E-state index is 5.95. The highest BCUT2D eigenvalue weighted by atomic mass is 16.5. The van der Waals surface area contributed by atoms with E-state index in [2.05, 4.69) is 60.2 Å². The van der Waals surface area contributed by atoms with E-state index in [1.54, 1.807) is 0 Å². The minimum Gasteiger partial charge on any atom is -0.375 e. The Bertz CT molecular complexity index is 601. The Morgan fingerprint density at radius 1 is 1.15 bits per heavy atom. The Balaban J connectivity index is 1.55. The average Bonchev–Trinajstić information content (AvgIpc) is 3.17. The van der Waals surface area contributed by atoms with Crippen LogP contribution >= 0.6 is 0 Å². The first kappa shape index (κ1) is 19.2. The van der Waals surface area contributed by atoms with Crippen LogP contribution in [0.1, 0.15) is 44.7 Å². The summed E-state index contributed by atoms with van der Waals surface area (Å²) in [6, 6.07) is 8.86. The molecule has 5 heteroatoms. The summed E-state index contributed by atoms with van der Waals surface area (Å²) in [5, 5.41) is 3.50. The van der Waals surface area contributed by atoms with Gasteiger partial charge in [0.2, 0.25) is 0 Å². The molecule has 0 amide bonds. The number of benzene rings is 1. The monoisotopic (exact) mass is 359 g/mol. The lowest BCUT2D eigenvalue weighted by molar-refractivity contribution is -0.0817. The van der Waals surface area contributed by atoms with Crippen LogP contribution in [0.5, 0.6) is 0 Å². The Labute approximate surface area is 157 Å². The molecular formula is C21H33N3O2. The van der Waals surface area contributed by atoms with Crippen LogP contribution in [0.3, 0.4) is 0 Å². The maximum Gasteiger partial charge on any atom is 0.194 e. The molecule has 2 atom stereocenters. The Hall–Kier alpha value is -1.59. The van der Waals surface area contributed by atoms with Gasteiger partial charge in [0, 0.05) is 33.3 Å². The predicted octanol–water partition coefficient (Wildman–Crippen LogP) is 2.94. The van der Waals surface area contributed by atoms with E-state index in [4.69, 9.17) is 9.47 Å². The van der Waals surface area contributed by atoms with Crippen molar-refractivity contribution in [2.24, 2.45) is 4.99 Å². The topological polar surface area (TPSA) is 46.1 Å². The second-order valence-electron chi connectivity index (χ2n) is 8.25. The normalized spacial score (nSPS) is 24.8. The molecule has 26 heavy (non-hydrogen) atoms. The zero-order chi connectivity index (χ0) is 18.6. The summed E-state index contributed by atoms with van der Waals surface area (Å²) in [6.45, 7) is 10.8. The van der Waals surface area contributed by atoms with E-state index in [1.807, 2.05) is 7.05 Å². The predicted molar refractivity (Wildman–Crippen MR) is 106 cm³/mol. The second-order valence-corrected chi connectivity index (χ2v) is 8.25. The van der Waals surface area contributed by atoms with Crippen molar-refractivity contribution in [2.45, 2.75) is 57.8 Å². The van der Waals surface area contributed by atoms with Gasteiger partial charge in [-0.3, -0.25) is 4.99 Å². The first-order valence-electron chi connectivity index (χ1n) is 9.75. The van der Waals surface area contributed by atoms with E-state index in [0.717, 1.165) is 51.6 Å². The fourth-order valence-electron chi connectivity index (χ4n) is 3.62. The van der Waals surface area contributed by atoms with Crippen LogP contribution in [-0.2, 0) is 21.4 Å². The molecule has 1 aromatic carbocycles. The number of hydrogen-bond acceptors (Lipinski definition) is 3. The SMILES string of the molecule is CN=C(NCc1ccc(C(C)(C)C)cc1)N1CCOC(C2CCCO2)C1. The number of ether oxygens (including phenoxy) is 2. The molecule has 0 aromatic heterocycles. The van der Waals surface area contributed by atoms with Crippen LogP contribution in [-0.4, -0.2) is 56.4 Å². The van der Waals surface area contributed by atoms with E-state index < -0.39 is 0 Å². The second kappa shape index (κ2) is 8.40. The lowest BCUT2D eigenvalue weighted by atomic mass is 9.87. The molecule has 2 heterocycles. The summed E-state index contributed by atoms with van der Waals surface area (Å²) >= 11 is 0. The summed E-state index contributed by atoms with van der Waals surface area (Å²) in [7, 11) is 1.85. The van der Waals surface area contributed by atoms with E-state index >= 15 is 0 Å². The minimum absolute atomic E-state index is 0.149. The van der Waals surface area contributed by atoms with Gasteiger partial charge >= 0.3 is 0 Å². The van der Waals surface area contributed by atoms with Crippen LogP contribution < -0.4 is 5.32 Å². The van der Waals surface area contributed by atoms with Crippen molar-refractivity contribution in [1.29, 1.82) is 0 Å². The lowest BCUT2D eigenvalue weighted by Gasteiger charge is -2.37. The molecule has 2 aliphatic rings. The molecule has 5 nitrogen and oxygen atoms in total. The van der Waals surface area contributed by atoms with Crippen molar-refractivity contribution in [3.63, 3.8) is 0 Å². The van der Waals surface area contributed by atoms with Gasteiger partial charge in [-0.1, -0.05) is 45.0 Å². The fraction of sp³-hybridized carbons (Fsp3) is 0.667. The molecule has 144 valence electrons. The highest BCUT2D eigenvalue weighted by Crippen LogP contribution is 2.23. The Morgan fingerprint density at radius 3 is 2.50 bits per heavy atom. The molecule has 2 saturated heterocycles. The Morgan fingerprint density at radius 2 is 1.88 bits per heavy atom. The van der Waals surface area contributed by atoms with Crippen molar-refractivity contribution in [1.82, 2.24) is 10.2 Å². The highest BCUT2D eigenvalue weighted by molar-refractivity contribution is 5.80. The standard InChI is InChI=1S/C21H33N3O2/c1-21(2,3)17-9-7-16(8-10-17)14-23-20(22-4)24-11-13-26-19(15-24)18-6-5-12-25-18/h7-10,18-19H,5-6,11-15H2,1-4H3,(H,22,23). The van der Waals surface area contributed by atoms with Crippen LogP contribution in [0.25, 0.3) is 0 Å². The molecule has 0 aliphatic carbocycles. The summed E-state index contributed by atoms with van der Waals surface area (Å²) in [5.41, 5.74) is 2.81. The van der Waals surface area contributed by atoms with Gasteiger partial charge < -0.3 is 19.7 Å². The first-order valence-corrected chi connectivity index (χ1v) is 9.75. The molecule has 0 saturated carbocycles. The van der Waals surface area contributed by atoms with E-state index in [9.17, 15) is 0 Å². The summed E-state index contributed by atoms with van der Waals surface area (Å²) in [6.07, 6.45) is 2.63. The highest BCUT2D eigenvalue weighted by Gasteiger charge is 2.32. The third kappa shape index (κ3) is 4.77. The van der Waals surface area contributed by atoms with E-state index in [-0.39, 0.29) is 17.6 Å². The zero-order valence-electron chi connectivity index (χ0n) is 16.6.